The van der Waals surface area contributed by atoms with Crippen LogP contribution in [0.25, 0.3) is 0 Å². The van der Waals surface area contributed by atoms with Crippen LogP contribution in [0.3, 0.4) is 0 Å². The first kappa shape index (κ1) is 16.0. The lowest BCUT2D eigenvalue weighted by molar-refractivity contribution is -0.154. The molecule has 0 aliphatic carbocycles. The number of aliphatic carboxylic acids is 1. The Kier molecular flexibility index (Phi) is 6.28. The molecule has 0 unspecified atom stereocenters. The van der Waals surface area contributed by atoms with Gasteiger partial charge in [0.05, 0.1) is 5.41 Å². The number of hydrogen-bond donors (Lipinski definition) is 2. The van der Waals surface area contributed by atoms with Crippen LogP contribution in [-0.4, -0.2) is 36.7 Å². The lowest BCUT2D eigenvalue weighted by atomic mass is 9.80. The molecule has 1 aliphatic rings. The van der Waals surface area contributed by atoms with Crippen LogP contribution in [-0.2, 0) is 14.3 Å². The van der Waals surface area contributed by atoms with Crippen molar-refractivity contribution in [1.29, 1.82) is 0 Å². The van der Waals surface area contributed by atoms with Crippen LogP contribution in [0.2, 0.25) is 0 Å². The van der Waals surface area contributed by atoms with Crippen molar-refractivity contribution in [3.63, 3.8) is 0 Å². The number of carbonyl (C=O) groups excluding carboxylic acids is 1. The molecule has 19 heavy (non-hydrogen) atoms. The molecule has 0 aromatic carbocycles. The quantitative estimate of drug-likeness (QED) is 0.740. The van der Waals surface area contributed by atoms with Crippen molar-refractivity contribution in [2.75, 3.05) is 19.8 Å². The summed E-state index contributed by atoms with van der Waals surface area (Å²) in [5.74, 6) is -0.491. The van der Waals surface area contributed by atoms with Gasteiger partial charge in [0.2, 0.25) is 5.91 Å². The summed E-state index contributed by atoms with van der Waals surface area (Å²) in [7, 11) is 0. The fraction of sp³-hybridized carbons (Fsp3) is 0.857. The number of rotatable bonds is 7. The third-order valence-electron chi connectivity index (χ3n) is 4.16. The van der Waals surface area contributed by atoms with Gasteiger partial charge in [0, 0.05) is 26.2 Å². The van der Waals surface area contributed by atoms with E-state index in [-0.39, 0.29) is 12.5 Å². The van der Waals surface area contributed by atoms with Crippen LogP contribution in [0.1, 0.15) is 46.0 Å². The molecule has 1 saturated heterocycles. The molecule has 0 radical (unpaired) electrons. The second-order valence-corrected chi connectivity index (χ2v) is 5.36. The first-order chi connectivity index (χ1) is 9.04. The summed E-state index contributed by atoms with van der Waals surface area (Å²) in [4.78, 5) is 23.3. The van der Waals surface area contributed by atoms with Crippen LogP contribution in [0.5, 0.6) is 0 Å². The number of nitrogens with one attached hydrogen (secondary N) is 1. The number of carbonyl (C=O) groups is 2. The number of ether oxygens (including phenoxy) is 1. The molecule has 1 rings (SSSR count). The summed E-state index contributed by atoms with van der Waals surface area (Å²) in [5, 5.41) is 12.2. The summed E-state index contributed by atoms with van der Waals surface area (Å²) in [6.45, 7) is 5.26. The SMILES string of the molecule is CCC(CC)CC(=O)NCC1(C(=O)O)CCOCC1. The molecule has 0 bridgehead atoms. The van der Waals surface area contributed by atoms with Gasteiger partial charge in [-0.25, -0.2) is 0 Å². The smallest absolute Gasteiger partial charge is 0.311 e. The Bertz CT molecular complexity index is 307. The van der Waals surface area contributed by atoms with E-state index in [1.807, 2.05) is 0 Å². The minimum Gasteiger partial charge on any atom is -0.481 e. The molecule has 5 heteroatoms. The van der Waals surface area contributed by atoms with E-state index in [1.54, 1.807) is 0 Å². The van der Waals surface area contributed by atoms with Gasteiger partial charge in [-0.3, -0.25) is 9.59 Å². The fourth-order valence-corrected chi connectivity index (χ4v) is 2.41. The normalized spacial score (nSPS) is 18.3. The maximum Gasteiger partial charge on any atom is 0.311 e. The van der Waals surface area contributed by atoms with E-state index in [4.69, 9.17) is 4.74 Å². The lowest BCUT2D eigenvalue weighted by Gasteiger charge is -2.33. The molecule has 1 amide bonds. The molecule has 1 heterocycles. The topological polar surface area (TPSA) is 75.6 Å². The van der Waals surface area contributed by atoms with Crippen LogP contribution >= 0.6 is 0 Å². The summed E-state index contributed by atoms with van der Waals surface area (Å²) < 4.78 is 5.21. The fourth-order valence-electron chi connectivity index (χ4n) is 2.41. The van der Waals surface area contributed by atoms with E-state index >= 15 is 0 Å². The molecule has 0 spiro atoms. The molecule has 1 aliphatic heterocycles. The molecular weight excluding hydrogens is 246 g/mol. The van der Waals surface area contributed by atoms with E-state index in [2.05, 4.69) is 19.2 Å². The Morgan fingerprint density at radius 2 is 1.84 bits per heavy atom. The van der Waals surface area contributed by atoms with Crippen molar-refractivity contribution in [1.82, 2.24) is 5.32 Å². The predicted molar refractivity (Wildman–Crippen MR) is 71.8 cm³/mol. The molecule has 5 nitrogen and oxygen atoms in total. The van der Waals surface area contributed by atoms with Gasteiger partial charge < -0.3 is 15.2 Å². The highest BCUT2D eigenvalue weighted by Crippen LogP contribution is 2.30. The molecule has 2 N–H and O–H groups in total. The van der Waals surface area contributed by atoms with Crippen molar-refractivity contribution < 1.29 is 19.4 Å². The zero-order valence-electron chi connectivity index (χ0n) is 11.9. The zero-order chi connectivity index (χ0) is 14.3. The Morgan fingerprint density at radius 1 is 1.26 bits per heavy atom. The average Bonchev–Trinajstić information content (AvgIpc) is 2.43. The van der Waals surface area contributed by atoms with E-state index in [0.29, 0.717) is 38.4 Å². The van der Waals surface area contributed by atoms with Crippen molar-refractivity contribution in [3.8, 4) is 0 Å². The summed E-state index contributed by atoms with van der Waals surface area (Å²) in [6.07, 6.45) is 3.37. The molecule has 110 valence electrons. The van der Waals surface area contributed by atoms with E-state index in [1.165, 1.54) is 0 Å². The summed E-state index contributed by atoms with van der Waals surface area (Å²) in [5.41, 5.74) is -0.845. The highest BCUT2D eigenvalue weighted by Gasteiger charge is 2.40. The standard InChI is InChI=1S/C14H25NO4/c1-3-11(4-2)9-12(16)15-10-14(13(17)18)5-7-19-8-6-14/h11H,3-10H2,1-2H3,(H,15,16)(H,17,18). The van der Waals surface area contributed by atoms with Crippen molar-refractivity contribution >= 4 is 11.9 Å². The Hall–Kier alpha value is -1.10. The first-order valence-corrected chi connectivity index (χ1v) is 7.12. The number of carboxylic acids is 1. The van der Waals surface area contributed by atoms with Crippen LogP contribution < -0.4 is 5.32 Å². The van der Waals surface area contributed by atoms with E-state index in [0.717, 1.165) is 12.8 Å². The van der Waals surface area contributed by atoms with Crippen LogP contribution in [0.4, 0.5) is 0 Å². The largest absolute Gasteiger partial charge is 0.481 e. The first-order valence-electron chi connectivity index (χ1n) is 7.12. The zero-order valence-corrected chi connectivity index (χ0v) is 11.9. The Labute approximate surface area is 114 Å². The van der Waals surface area contributed by atoms with Gasteiger partial charge in [0.1, 0.15) is 0 Å². The third-order valence-corrected chi connectivity index (χ3v) is 4.16. The van der Waals surface area contributed by atoms with Crippen LogP contribution in [0.15, 0.2) is 0 Å². The molecule has 0 aromatic rings. The minimum atomic E-state index is -0.845. The van der Waals surface area contributed by atoms with E-state index in [9.17, 15) is 14.7 Å². The van der Waals surface area contributed by atoms with Gasteiger partial charge >= 0.3 is 5.97 Å². The van der Waals surface area contributed by atoms with Gasteiger partial charge in [0.15, 0.2) is 0 Å². The molecule has 1 fully saturated rings. The average molecular weight is 271 g/mol. The van der Waals surface area contributed by atoms with Gasteiger partial charge in [0.25, 0.3) is 0 Å². The van der Waals surface area contributed by atoms with Crippen LogP contribution in [0, 0.1) is 11.3 Å². The van der Waals surface area contributed by atoms with Crippen molar-refractivity contribution in [2.45, 2.75) is 46.0 Å². The van der Waals surface area contributed by atoms with Gasteiger partial charge in [-0.05, 0) is 18.8 Å². The second kappa shape index (κ2) is 7.48. The highest BCUT2D eigenvalue weighted by molar-refractivity contribution is 5.79. The summed E-state index contributed by atoms with van der Waals surface area (Å²) >= 11 is 0. The number of amides is 1. The molecule has 0 saturated carbocycles. The van der Waals surface area contributed by atoms with E-state index < -0.39 is 11.4 Å². The Morgan fingerprint density at radius 3 is 2.32 bits per heavy atom. The Balaban J connectivity index is 2.48. The second-order valence-electron chi connectivity index (χ2n) is 5.36. The maximum atomic E-state index is 11.8. The lowest BCUT2D eigenvalue weighted by Crippen LogP contribution is -2.46. The highest BCUT2D eigenvalue weighted by atomic mass is 16.5. The number of carboxylic acid groups (broad SMARTS) is 1. The maximum absolute atomic E-state index is 11.8. The number of hydrogen-bond acceptors (Lipinski definition) is 3. The monoisotopic (exact) mass is 271 g/mol. The third kappa shape index (κ3) is 4.49. The summed E-state index contributed by atoms with van der Waals surface area (Å²) in [6, 6.07) is 0. The van der Waals surface area contributed by atoms with Gasteiger partial charge in [-0.1, -0.05) is 26.7 Å². The van der Waals surface area contributed by atoms with Gasteiger partial charge in [-0.15, -0.1) is 0 Å². The van der Waals surface area contributed by atoms with Crippen molar-refractivity contribution in [2.24, 2.45) is 11.3 Å². The molecule has 0 aromatic heterocycles. The van der Waals surface area contributed by atoms with Gasteiger partial charge in [-0.2, -0.15) is 0 Å². The minimum absolute atomic E-state index is 0.0409. The van der Waals surface area contributed by atoms with Crippen molar-refractivity contribution in [3.05, 3.63) is 0 Å². The predicted octanol–water partition coefficient (Wildman–Crippen LogP) is 1.81. The molecule has 0 atom stereocenters. The molecular formula is C14H25NO4.